The van der Waals surface area contributed by atoms with Gasteiger partial charge in [0.25, 0.3) is 0 Å². The molecule has 0 saturated heterocycles. The zero-order chi connectivity index (χ0) is 11.1. The highest BCUT2D eigenvalue weighted by Crippen LogP contribution is 2.79. The molecule has 4 saturated carbocycles. The van der Waals surface area contributed by atoms with E-state index in [1.807, 2.05) is 0 Å². The molecule has 0 aromatic heterocycles. The smallest absolute Gasteiger partial charge is 0.309 e. The SMILES string of the molecule is CC12CC3(Br)CC(C(=O)O)(C1)CC2(C)C3. The minimum atomic E-state index is -0.569. The van der Waals surface area contributed by atoms with Gasteiger partial charge in [-0.3, -0.25) is 4.79 Å². The largest absolute Gasteiger partial charge is 0.481 e. The van der Waals surface area contributed by atoms with Crippen LogP contribution in [0.4, 0.5) is 0 Å². The van der Waals surface area contributed by atoms with Gasteiger partial charge in [0.15, 0.2) is 0 Å². The first-order valence-corrected chi connectivity index (χ1v) is 6.45. The van der Waals surface area contributed by atoms with Crippen LogP contribution < -0.4 is 0 Å². The molecule has 1 N–H and O–H groups in total. The number of aliphatic carboxylic acids is 1. The lowest BCUT2D eigenvalue weighted by Gasteiger charge is -2.42. The first-order valence-electron chi connectivity index (χ1n) is 5.65. The van der Waals surface area contributed by atoms with Gasteiger partial charge >= 0.3 is 5.97 Å². The molecule has 0 spiro atoms. The molecule has 15 heavy (non-hydrogen) atoms. The summed E-state index contributed by atoms with van der Waals surface area (Å²) in [6.07, 6.45) is 4.93. The fraction of sp³-hybridized carbons (Fsp3) is 0.917. The summed E-state index contributed by atoms with van der Waals surface area (Å²) in [7, 11) is 0. The first-order chi connectivity index (χ1) is 6.73. The normalized spacial score (nSPS) is 61.3. The van der Waals surface area contributed by atoms with Gasteiger partial charge in [-0.15, -0.1) is 0 Å². The van der Waals surface area contributed by atoms with E-state index in [0.717, 1.165) is 32.1 Å². The topological polar surface area (TPSA) is 37.3 Å². The van der Waals surface area contributed by atoms with Crippen molar-refractivity contribution in [3.8, 4) is 0 Å². The van der Waals surface area contributed by atoms with Crippen LogP contribution >= 0.6 is 15.9 Å². The summed E-state index contributed by atoms with van der Waals surface area (Å²) in [6.45, 7) is 4.58. The Morgan fingerprint density at radius 3 is 1.87 bits per heavy atom. The number of carboxylic acids is 1. The summed E-state index contributed by atoms with van der Waals surface area (Å²) in [5.74, 6) is -0.569. The summed E-state index contributed by atoms with van der Waals surface area (Å²) >= 11 is 3.82. The zero-order valence-electron chi connectivity index (χ0n) is 9.27. The summed E-state index contributed by atoms with van der Waals surface area (Å²) in [5, 5.41) is 9.48. The Balaban J connectivity index is 2.13. The van der Waals surface area contributed by atoms with Crippen LogP contribution in [0.5, 0.6) is 0 Å². The predicted octanol–water partition coefficient (Wildman–Crippen LogP) is 3.20. The molecule has 4 aliphatic rings. The van der Waals surface area contributed by atoms with Crippen molar-refractivity contribution in [1.29, 1.82) is 0 Å². The van der Waals surface area contributed by atoms with Crippen LogP contribution in [0, 0.1) is 16.2 Å². The number of halogens is 1. The lowest BCUT2D eigenvalue weighted by molar-refractivity contribution is -0.152. The van der Waals surface area contributed by atoms with Gasteiger partial charge in [0.05, 0.1) is 5.41 Å². The van der Waals surface area contributed by atoms with Crippen LogP contribution in [0.25, 0.3) is 0 Å². The van der Waals surface area contributed by atoms with E-state index in [1.165, 1.54) is 0 Å². The van der Waals surface area contributed by atoms with Gasteiger partial charge in [0, 0.05) is 4.32 Å². The van der Waals surface area contributed by atoms with Crippen LogP contribution in [0.3, 0.4) is 0 Å². The molecule has 2 atom stereocenters. The highest BCUT2D eigenvalue weighted by atomic mass is 79.9. The average molecular weight is 273 g/mol. The van der Waals surface area contributed by atoms with Crippen molar-refractivity contribution < 1.29 is 9.90 Å². The molecule has 3 heteroatoms. The molecule has 84 valence electrons. The molecule has 4 fully saturated rings. The molecule has 4 bridgehead atoms. The van der Waals surface area contributed by atoms with Gasteiger partial charge in [-0.05, 0) is 42.9 Å². The van der Waals surface area contributed by atoms with Crippen LogP contribution in [-0.2, 0) is 4.79 Å². The van der Waals surface area contributed by atoms with Crippen LogP contribution in [-0.4, -0.2) is 15.4 Å². The second-order valence-corrected chi connectivity index (χ2v) is 8.42. The molecule has 0 amide bonds. The molecule has 0 aliphatic heterocycles. The lowest BCUT2D eigenvalue weighted by atomic mass is 9.67. The van der Waals surface area contributed by atoms with Gasteiger partial charge in [-0.25, -0.2) is 0 Å². The zero-order valence-corrected chi connectivity index (χ0v) is 10.9. The van der Waals surface area contributed by atoms with Gasteiger partial charge in [-0.2, -0.15) is 0 Å². The highest BCUT2D eigenvalue weighted by Gasteiger charge is 2.74. The van der Waals surface area contributed by atoms with Crippen molar-refractivity contribution in [2.75, 3.05) is 0 Å². The number of hydrogen-bond acceptors (Lipinski definition) is 1. The Bertz CT molecular complexity index is 345. The molecule has 4 rings (SSSR count). The third-order valence-electron chi connectivity index (χ3n) is 5.44. The van der Waals surface area contributed by atoms with Gasteiger partial charge in [0.1, 0.15) is 0 Å². The maximum Gasteiger partial charge on any atom is 0.309 e. The molecule has 2 unspecified atom stereocenters. The summed E-state index contributed by atoms with van der Waals surface area (Å²) < 4.78 is 0.116. The summed E-state index contributed by atoms with van der Waals surface area (Å²) in [5.41, 5.74) is 0.0593. The van der Waals surface area contributed by atoms with E-state index in [4.69, 9.17) is 0 Å². The fourth-order valence-corrected chi connectivity index (χ4v) is 6.85. The number of rotatable bonds is 1. The summed E-state index contributed by atoms with van der Waals surface area (Å²) in [4.78, 5) is 11.5. The minimum absolute atomic E-state index is 0.116. The Kier molecular flexibility index (Phi) is 1.55. The Labute approximate surface area is 98.6 Å². The monoisotopic (exact) mass is 272 g/mol. The number of hydrogen-bond donors (Lipinski definition) is 1. The van der Waals surface area contributed by atoms with Crippen molar-refractivity contribution in [1.82, 2.24) is 0 Å². The average Bonchev–Trinajstić information content (AvgIpc) is 2.21. The number of carboxylic acid groups (broad SMARTS) is 1. The van der Waals surface area contributed by atoms with Crippen LogP contribution in [0.1, 0.15) is 46.0 Å². The van der Waals surface area contributed by atoms with Crippen molar-refractivity contribution in [3.05, 3.63) is 0 Å². The Morgan fingerprint density at radius 2 is 1.53 bits per heavy atom. The quantitative estimate of drug-likeness (QED) is 0.745. The Hall–Kier alpha value is -0.0500. The Morgan fingerprint density at radius 1 is 1.07 bits per heavy atom. The van der Waals surface area contributed by atoms with E-state index < -0.39 is 11.4 Å². The molecule has 0 aromatic carbocycles. The second-order valence-electron chi connectivity index (χ2n) is 6.74. The number of carbonyl (C=O) groups is 1. The maximum absolute atomic E-state index is 11.5. The highest BCUT2D eigenvalue weighted by molar-refractivity contribution is 9.10. The molecular formula is C12H17BrO2. The van der Waals surface area contributed by atoms with E-state index in [2.05, 4.69) is 29.8 Å². The van der Waals surface area contributed by atoms with Crippen molar-refractivity contribution in [2.24, 2.45) is 16.2 Å². The maximum atomic E-state index is 11.5. The van der Waals surface area contributed by atoms with Crippen molar-refractivity contribution in [2.45, 2.75) is 50.3 Å². The molecular weight excluding hydrogens is 256 g/mol. The fourth-order valence-electron chi connectivity index (χ4n) is 5.08. The van der Waals surface area contributed by atoms with E-state index in [1.54, 1.807) is 0 Å². The predicted molar refractivity (Wildman–Crippen MR) is 61.0 cm³/mol. The standard InChI is InChI=1S/C12H17BrO2/c1-9-3-11(8(14)15)4-10(9,2)6-12(13,5-9)7-11/h3-7H2,1-2H3,(H,14,15). The van der Waals surface area contributed by atoms with Crippen molar-refractivity contribution >= 4 is 21.9 Å². The molecule has 0 heterocycles. The number of alkyl halides is 1. The summed E-state index contributed by atoms with van der Waals surface area (Å²) in [6, 6.07) is 0. The third kappa shape index (κ3) is 0.986. The second kappa shape index (κ2) is 2.29. The van der Waals surface area contributed by atoms with Gasteiger partial charge < -0.3 is 5.11 Å². The lowest BCUT2D eigenvalue weighted by Crippen LogP contribution is -2.43. The van der Waals surface area contributed by atoms with Crippen molar-refractivity contribution in [3.63, 3.8) is 0 Å². The molecule has 0 radical (unpaired) electrons. The van der Waals surface area contributed by atoms with Crippen LogP contribution in [0.2, 0.25) is 0 Å². The van der Waals surface area contributed by atoms with E-state index >= 15 is 0 Å². The first kappa shape index (κ1) is 10.1. The third-order valence-corrected chi connectivity index (χ3v) is 6.28. The molecule has 2 nitrogen and oxygen atoms in total. The minimum Gasteiger partial charge on any atom is -0.481 e. The molecule has 4 aliphatic carbocycles. The van der Waals surface area contributed by atoms with E-state index in [0.29, 0.717) is 0 Å². The van der Waals surface area contributed by atoms with Gasteiger partial charge in [-0.1, -0.05) is 29.8 Å². The van der Waals surface area contributed by atoms with E-state index in [9.17, 15) is 9.90 Å². The van der Waals surface area contributed by atoms with Crippen LogP contribution in [0.15, 0.2) is 0 Å². The molecule has 0 aromatic rings. The van der Waals surface area contributed by atoms with E-state index in [-0.39, 0.29) is 15.2 Å². The van der Waals surface area contributed by atoms with Gasteiger partial charge in [0.2, 0.25) is 0 Å².